The van der Waals surface area contributed by atoms with Crippen molar-refractivity contribution in [2.24, 2.45) is 0 Å². The van der Waals surface area contributed by atoms with Gasteiger partial charge in [0, 0.05) is 35.6 Å². The van der Waals surface area contributed by atoms with Gasteiger partial charge in [-0.3, -0.25) is 4.98 Å². The van der Waals surface area contributed by atoms with Crippen molar-refractivity contribution in [1.82, 2.24) is 9.88 Å². The number of esters is 1. The molecule has 0 saturated heterocycles. The first-order chi connectivity index (χ1) is 21.0. The minimum Gasteiger partial charge on any atom is -0.462 e. The molecule has 1 N–H and O–H groups in total. The van der Waals surface area contributed by atoms with Crippen LogP contribution in [0.1, 0.15) is 70.5 Å². The summed E-state index contributed by atoms with van der Waals surface area (Å²) in [6.45, 7) is 19.8. The fraction of sp³-hybridized carbons (Fsp3) is 0.457. The SMILES string of the molecule is CCOC(=O)c1ccnc(-c2cccc(NCCN(C[C@H](O[Si](C)(C)C(C)(C)C)c3cccc(Cl)c3)C(=O)OC(C)(C)C)c2)c1. The smallest absolute Gasteiger partial charge is 0.410 e. The van der Waals surface area contributed by atoms with E-state index in [0.29, 0.717) is 42.5 Å². The lowest BCUT2D eigenvalue weighted by molar-refractivity contribution is 0.0165. The van der Waals surface area contributed by atoms with Gasteiger partial charge in [-0.1, -0.05) is 56.6 Å². The molecule has 0 aliphatic heterocycles. The Balaban J connectivity index is 1.83. The Kier molecular flexibility index (Phi) is 12.2. The van der Waals surface area contributed by atoms with Crippen LogP contribution in [0, 0.1) is 0 Å². The zero-order chi connectivity index (χ0) is 33.4. The van der Waals surface area contributed by atoms with E-state index in [1.807, 2.05) is 69.3 Å². The van der Waals surface area contributed by atoms with Gasteiger partial charge in [0.25, 0.3) is 0 Å². The molecule has 3 rings (SSSR count). The van der Waals surface area contributed by atoms with E-state index in [-0.39, 0.29) is 11.0 Å². The lowest BCUT2D eigenvalue weighted by Crippen LogP contribution is -2.46. The van der Waals surface area contributed by atoms with Crippen molar-refractivity contribution in [3.63, 3.8) is 0 Å². The van der Waals surface area contributed by atoms with E-state index < -0.39 is 26.1 Å². The number of carbonyl (C=O) groups excluding carboxylic acids is 2. The third-order valence-electron chi connectivity index (χ3n) is 7.64. The molecule has 8 nitrogen and oxygen atoms in total. The van der Waals surface area contributed by atoms with Crippen molar-refractivity contribution in [1.29, 1.82) is 0 Å². The van der Waals surface area contributed by atoms with Gasteiger partial charge in [0.05, 0.1) is 30.5 Å². The van der Waals surface area contributed by atoms with Gasteiger partial charge in [0.1, 0.15) is 5.60 Å². The van der Waals surface area contributed by atoms with Gasteiger partial charge < -0.3 is 24.1 Å². The average molecular weight is 654 g/mol. The molecule has 2 aromatic carbocycles. The first kappa shape index (κ1) is 36.1. The minimum absolute atomic E-state index is 0.0299. The maximum absolute atomic E-state index is 13.5. The number of hydrogen-bond acceptors (Lipinski definition) is 7. The molecule has 1 atom stereocenters. The fourth-order valence-electron chi connectivity index (χ4n) is 4.29. The van der Waals surface area contributed by atoms with Crippen molar-refractivity contribution in [2.45, 2.75) is 78.3 Å². The van der Waals surface area contributed by atoms with Crippen LogP contribution >= 0.6 is 11.6 Å². The summed E-state index contributed by atoms with van der Waals surface area (Å²) in [5, 5.41) is 4.02. The topological polar surface area (TPSA) is 90.0 Å². The number of benzene rings is 2. The van der Waals surface area contributed by atoms with E-state index in [4.69, 9.17) is 25.5 Å². The molecule has 1 aromatic heterocycles. The lowest BCUT2D eigenvalue weighted by Gasteiger charge is -2.40. The second-order valence-electron chi connectivity index (χ2n) is 13.5. The molecule has 0 radical (unpaired) electrons. The number of amides is 1. The largest absolute Gasteiger partial charge is 0.462 e. The molecule has 45 heavy (non-hydrogen) atoms. The second-order valence-corrected chi connectivity index (χ2v) is 18.7. The third-order valence-corrected chi connectivity index (χ3v) is 12.4. The van der Waals surface area contributed by atoms with Crippen molar-refractivity contribution in [3.05, 3.63) is 83.0 Å². The molecule has 0 aliphatic carbocycles. The summed E-state index contributed by atoms with van der Waals surface area (Å²) in [7, 11) is -2.23. The summed E-state index contributed by atoms with van der Waals surface area (Å²) < 4.78 is 17.9. The van der Waals surface area contributed by atoms with Crippen molar-refractivity contribution in [2.75, 3.05) is 31.6 Å². The zero-order valence-corrected chi connectivity index (χ0v) is 29.8. The number of anilines is 1. The first-order valence-electron chi connectivity index (χ1n) is 15.4. The molecule has 3 aromatic rings. The molecule has 10 heteroatoms. The molecule has 0 bridgehead atoms. The number of hydrogen-bond donors (Lipinski definition) is 1. The van der Waals surface area contributed by atoms with Crippen molar-refractivity contribution in [3.8, 4) is 11.3 Å². The van der Waals surface area contributed by atoms with Gasteiger partial charge in [-0.05, 0) is 87.8 Å². The Morgan fingerprint density at radius 2 is 1.71 bits per heavy atom. The number of nitrogens with one attached hydrogen (secondary N) is 1. The summed E-state index contributed by atoms with van der Waals surface area (Å²) in [5.74, 6) is -0.383. The van der Waals surface area contributed by atoms with Gasteiger partial charge in [0.15, 0.2) is 8.32 Å². The number of rotatable bonds is 12. The predicted octanol–water partition coefficient (Wildman–Crippen LogP) is 8.99. The Morgan fingerprint density at radius 3 is 2.36 bits per heavy atom. The van der Waals surface area contributed by atoms with Crippen LogP contribution in [0.5, 0.6) is 0 Å². The molecular formula is C35H48ClN3O5Si. The maximum atomic E-state index is 13.5. The van der Waals surface area contributed by atoms with E-state index >= 15 is 0 Å². The van der Waals surface area contributed by atoms with Gasteiger partial charge in [-0.25, -0.2) is 9.59 Å². The molecule has 1 amide bonds. The van der Waals surface area contributed by atoms with Crippen LogP contribution in [0.25, 0.3) is 11.3 Å². The van der Waals surface area contributed by atoms with E-state index in [2.05, 4.69) is 44.2 Å². The Bertz CT molecular complexity index is 1450. The summed E-state index contributed by atoms with van der Waals surface area (Å²) in [6, 6.07) is 18.8. The van der Waals surface area contributed by atoms with E-state index in [1.54, 1.807) is 30.2 Å². The number of carbonyl (C=O) groups is 2. The number of nitrogens with zero attached hydrogens (tertiary/aromatic N) is 2. The zero-order valence-electron chi connectivity index (χ0n) is 28.1. The number of ether oxygens (including phenoxy) is 2. The van der Waals surface area contributed by atoms with Gasteiger partial charge in [-0.15, -0.1) is 0 Å². The molecule has 1 heterocycles. The van der Waals surface area contributed by atoms with Crippen LogP contribution in [0.3, 0.4) is 0 Å². The van der Waals surface area contributed by atoms with Crippen molar-refractivity contribution < 1.29 is 23.5 Å². The van der Waals surface area contributed by atoms with Crippen LogP contribution in [-0.4, -0.2) is 62.1 Å². The van der Waals surface area contributed by atoms with Gasteiger partial charge in [-0.2, -0.15) is 0 Å². The highest BCUT2D eigenvalue weighted by Gasteiger charge is 2.40. The minimum atomic E-state index is -2.23. The lowest BCUT2D eigenvalue weighted by atomic mass is 10.1. The summed E-state index contributed by atoms with van der Waals surface area (Å²) in [4.78, 5) is 31.9. The van der Waals surface area contributed by atoms with E-state index in [9.17, 15) is 9.59 Å². The first-order valence-corrected chi connectivity index (χ1v) is 18.7. The standard InChI is InChI=1S/C35H48ClN3O5Si/c1-10-42-32(40)27-17-18-38-30(23-27)25-13-12-16-29(22-25)37-19-20-39(33(41)43-34(2,3)4)24-31(26-14-11-15-28(36)21-26)44-45(8,9)35(5,6)7/h11-18,21-23,31,37H,10,19-20,24H2,1-9H3/t31-/m0/s1. The van der Waals surface area contributed by atoms with Crippen LogP contribution in [0.4, 0.5) is 10.5 Å². The highest BCUT2D eigenvalue weighted by Crippen LogP contribution is 2.40. The molecular weight excluding hydrogens is 606 g/mol. The van der Waals surface area contributed by atoms with Crippen molar-refractivity contribution >= 4 is 37.7 Å². The van der Waals surface area contributed by atoms with E-state index in [1.165, 1.54) is 0 Å². The summed E-state index contributed by atoms with van der Waals surface area (Å²) in [5.41, 5.74) is 3.06. The Hall–Kier alpha value is -3.40. The maximum Gasteiger partial charge on any atom is 0.410 e. The van der Waals surface area contributed by atoms with Crippen LogP contribution < -0.4 is 5.32 Å². The Morgan fingerprint density at radius 1 is 1.00 bits per heavy atom. The summed E-state index contributed by atoms with van der Waals surface area (Å²) >= 11 is 6.40. The monoisotopic (exact) mass is 653 g/mol. The number of pyridine rings is 1. The summed E-state index contributed by atoms with van der Waals surface area (Å²) in [6.07, 6.45) is 0.796. The molecule has 0 fully saturated rings. The molecule has 0 unspecified atom stereocenters. The van der Waals surface area contributed by atoms with Crippen LogP contribution in [-0.2, 0) is 13.9 Å². The normalized spacial score (nSPS) is 12.8. The van der Waals surface area contributed by atoms with Crippen LogP contribution in [0.15, 0.2) is 66.9 Å². The Labute approximate surface area is 274 Å². The quantitative estimate of drug-likeness (QED) is 0.154. The molecule has 0 aliphatic rings. The molecule has 0 saturated carbocycles. The predicted molar refractivity (Wildman–Crippen MR) is 184 cm³/mol. The second kappa shape index (κ2) is 15.3. The number of halogens is 1. The average Bonchev–Trinajstić information content (AvgIpc) is 2.95. The fourth-order valence-corrected chi connectivity index (χ4v) is 5.76. The molecule has 244 valence electrons. The number of aromatic nitrogens is 1. The highest BCUT2D eigenvalue weighted by molar-refractivity contribution is 6.74. The molecule has 0 spiro atoms. The highest BCUT2D eigenvalue weighted by atomic mass is 35.5. The van der Waals surface area contributed by atoms with Crippen LogP contribution in [0.2, 0.25) is 23.2 Å². The van der Waals surface area contributed by atoms with E-state index in [0.717, 1.165) is 16.8 Å². The third kappa shape index (κ3) is 10.9. The van der Waals surface area contributed by atoms with Gasteiger partial charge >= 0.3 is 12.1 Å². The van der Waals surface area contributed by atoms with Gasteiger partial charge in [0.2, 0.25) is 0 Å².